The molecule has 0 saturated carbocycles. The van der Waals surface area contributed by atoms with Crippen molar-refractivity contribution in [1.82, 2.24) is 10.2 Å². The van der Waals surface area contributed by atoms with Crippen molar-refractivity contribution < 1.29 is 4.79 Å². The first-order valence-corrected chi connectivity index (χ1v) is 7.07. The zero-order valence-corrected chi connectivity index (χ0v) is 12.8. The van der Waals surface area contributed by atoms with Crippen LogP contribution < -0.4 is 5.32 Å². The smallest absolute Gasteiger partial charge is 0.255 e. The highest BCUT2D eigenvalue weighted by molar-refractivity contribution is 9.10. The fraction of sp³-hybridized carbons (Fsp3) is 0.462. The number of nitrogens with zero attached hydrogens (tertiary/aromatic N) is 1. The van der Waals surface area contributed by atoms with Gasteiger partial charge in [0.15, 0.2) is 0 Å². The molecule has 0 aromatic heterocycles. The summed E-state index contributed by atoms with van der Waals surface area (Å²) in [5.74, 6) is -0.00667. The van der Waals surface area contributed by atoms with Crippen molar-refractivity contribution >= 4 is 33.4 Å². The average Bonchev–Trinajstić information content (AvgIpc) is 2.31. The predicted octanol–water partition coefficient (Wildman–Crippen LogP) is 2.93. The molecule has 1 aromatic rings. The Hall–Kier alpha value is -0.580. The molecule has 18 heavy (non-hydrogen) atoms. The molecule has 5 heteroatoms. The second-order valence-electron chi connectivity index (χ2n) is 5.05. The number of carbonyl (C=O) groups excluding carboxylic acids is 1. The summed E-state index contributed by atoms with van der Waals surface area (Å²) in [4.78, 5) is 14.5. The molecule has 2 rings (SSSR count). The van der Waals surface area contributed by atoms with Crippen LogP contribution in [0.15, 0.2) is 22.7 Å². The number of hydrogen-bond donors (Lipinski definition) is 1. The zero-order valence-electron chi connectivity index (χ0n) is 10.5. The third kappa shape index (κ3) is 2.56. The second kappa shape index (κ2) is 5.19. The van der Waals surface area contributed by atoms with E-state index in [4.69, 9.17) is 11.6 Å². The number of nitrogens with one attached hydrogen (secondary N) is 1. The molecule has 0 unspecified atom stereocenters. The van der Waals surface area contributed by atoms with E-state index in [1.807, 2.05) is 17.0 Å². The second-order valence-corrected chi connectivity index (χ2v) is 6.28. The van der Waals surface area contributed by atoms with Crippen molar-refractivity contribution in [3.63, 3.8) is 0 Å². The maximum Gasteiger partial charge on any atom is 0.255 e. The predicted molar refractivity (Wildman–Crippen MR) is 77.1 cm³/mol. The van der Waals surface area contributed by atoms with Crippen molar-refractivity contribution in [3.8, 4) is 0 Å². The molecule has 1 amide bonds. The molecule has 1 saturated heterocycles. The Labute approximate surface area is 121 Å². The van der Waals surface area contributed by atoms with Crippen molar-refractivity contribution in [2.45, 2.75) is 19.4 Å². The number of halogens is 2. The molecular weight excluding hydrogens is 316 g/mol. The molecule has 0 bridgehead atoms. The molecule has 0 spiro atoms. The maximum absolute atomic E-state index is 12.6. The van der Waals surface area contributed by atoms with Gasteiger partial charge >= 0.3 is 0 Å². The van der Waals surface area contributed by atoms with E-state index in [1.165, 1.54) is 0 Å². The minimum atomic E-state index is -0.193. The Morgan fingerprint density at radius 1 is 1.50 bits per heavy atom. The SMILES string of the molecule is CC1(C)CNCCN1C(=O)c1cccc(Br)c1Cl. The molecule has 0 radical (unpaired) electrons. The average molecular weight is 332 g/mol. The van der Waals surface area contributed by atoms with Crippen LogP contribution in [0.3, 0.4) is 0 Å². The highest BCUT2D eigenvalue weighted by Crippen LogP contribution is 2.29. The van der Waals surface area contributed by atoms with Gasteiger partial charge in [0.2, 0.25) is 0 Å². The van der Waals surface area contributed by atoms with Crippen LogP contribution >= 0.6 is 27.5 Å². The van der Waals surface area contributed by atoms with E-state index >= 15 is 0 Å². The summed E-state index contributed by atoms with van der Waals surface area (Å²) in [5, 5.41) is 3.78. The van der Waals surface area contributed by atoms with Gasteiger partial charge in [0.05, 0.1) is 16.1 Å². The molecule has 1 heterocycles. The Balaban J connectivity index is 2.33. The van der Waals surface area contributed by atoms with Crippen LogP contribution in [0.25, 0.3) is 0 Å². The molecule has 1 aliphatic heterocycles. The number of amides is 1. The molecular formula is C13H16BrClN2O. The number of hydrogen-bond acceptors (Lipinski definition) is 2. The van der Waals surface area contributed by atoms with Gasteiger partial charge in [-0.05, 0) is 41.9 Å². The lowest BCUT2D eigenvalue weighted by molar-refractivity contribution is 0.0477. The fourth-order valence-corrected chi connectivity index (χ4v) is 2.75. The monoisotopic (exact) mass is 330 g/mol. The molecule has 1 aromatic carbocycles. The molecule has 98 valence electrons. The van der Waals surface area contributed by atoms with Crippen LogP contribution in [-0.4, -0.2) is 36.0 Å². The topological polar surface area (TPSA) is 32.3 Å². The summed E-state index contributed by atoms with van der Waals surface area (Å²) in [6.07, 6.45) is 0. The van der Waals surface area contributed by atoms with Crippen molar-refractivity contribution in [1.29, 1.82) is 0 Å². The Bertz CT molecular complexity index is 476. The first-order valence-electron chi connectivity index (χ1n) is 5.90. The Morgan fingerprint density at radius 2 is 2.22 bits per heavy atom. The zero-order chi connectivity index (χ0) is 13.3. The quantitative estimate of drug-likeness (QED) is 0.858. The van der Waals surface area contributed by atoms with Gasteiger partial charge in [-0.1, -0.05) is 17.7 Å². The summed E-state index contributed by atoms with van der Waals surface area (Å²) in [7, 11) is 0. The largest absolute Gasteiger partial charge is 0.331 e. The van der Waals surface area contributed by atoms with Gasteiger partial charge in [-0.15, -0.1) is 0 Å². The molecule has 1 N–H and O–H groups in total. The first kappa shape index (κ1) is 13.8. The van der Waals surface area contributed by atoms with E-state index in [9.17, 15) is 4.79 Å². The summed E-state index contributed by atoms with van der Waals surface area (Å²) < 4.78 is 0.753. The highest BCUT2D eigenvalue weighted by Gasteiger charge is 2.34. The lowest BCUT2D eigenvalue weighted by Gasteiger charge is -2.43. The van der Waals surface area contributed by atoms with Gasteiger partial charge in [-0.25, -0.2) is 0 Å². The van der Waals surface area contributed by atoms with Gasteiger partial charge < -0.3 is 10.2 Å². The Kier molecular flexibility index (Phi) is 3.99. The van der Waals surface area contributed by atoms with Crippen LogP contribution in [0.2, 0.25) is 5.02 Å². The lowest BCUT2D eigenvalue weighted by atomic mass is 9.99. The van der Waals surface area contributed by atoms with Crippen LogP contribution in [0.5, 0.6) is 0 Å². The van der Waals surface area contributed by atoms with Crippen LogP contribution in [0.4, 0.5) is 0 Å². The van der Waals surface area contributed by atoms with Crippen molar-refractivity contribution in [2.75, 3.05) is 19.6 Å². The van der Waals surface area contributed by atoms with Crippen LogP contribution in [0, 0.1) is 0 Å². The summed E-state index contributed by atoms with van der Waals surface area (Å²) in [5.41, 5.74) is 0.363. The van der Waals surface area contributed by atoms with Gasteiger partial charge in [0.1, 0.15) is 0 Å². The lowest BCUT2D eigenvalue weighted by Crippen LogP contribution is -2.59. The van der Waals surface area contributed by atoms with Crippen LogP contribution in [-0.2, 0) is 0 Å². The molecule has 1 fully saturated rings. The first-order chi connectivity index (χ1) is 8.43. The van der Waals surface area contributed by atoms with Gasteiger partial charge in [-0.2, -0.15) is 0 Å². The third-order valence-electron chi connectivity index (χ3n) is 3.23. The molecule has 1 aliphatic rings. The van der Waals surface area contributed by atoms with Gasteiger partial charge in [0.25, 0.3) is 5.91 Å². The molecule has 0 aliphatic carbocycles. The van der Waals surface area contributed by atoms with Crippen molar-refractivity contribution in [2.24, 2.45) is 0 Å². The summed E-state index contributed by atoms with van der Waals surface area (Å²) in [6, 6.07) is 5.44. The minimum absolute atomic E-state index is 0.00667. The van der Waals surface area contributed by atoms with Crippen molar-refractivity contribution in [3.05, 3.63) is 33.3 Å². The van der Waals surface area contributed by atoms with E-state index in [0.717, 1.165) is 17.6 Å². The number of piperazine rings is 1. The molecule has 3 nitrogen and oxygen atoms in total. The number of carbonyl (C=O) groups is 1. The maximum atomic E-state index is 12.6. The Morgan fingerprint density at radius 3 is 2.89 bits per heavy atom. The fourth-order valence-electron chi connectivity index (χ4n) is 2.17. The van der Waals surface area contributed by atoms with E-state index in [2.05, 4.69) is 35.1 Å². The number of benzene rings is 1. The standard InChI is InChI=1S/C13H16BrClN2O/c1-13(2)8-16-6-7-17(13)12(18)9-4-3-5-10(14)11(9)15/h3-5,16H,6-8H2,1-2H3. The van der Waals surface area contributed by atoms with Gasteiger partial charge in [-0.3, -0.25) is 4.79 Å². The molecule has 0 atom stereocenters. The summed E-state index contributed by atoms with van der Waals surface area (Å²) >= 11 is 9.54. The summed E-state index contributed by atoms with van der Waals surface area (Å²) in [6.45, 7) is 6.44. The van der Waals surface area contributed by atoms with E-state index in [-0.39, 0.29) is 11.4 Å². The highest BCUT2D eigenvalue weighted by atomic mass is 79.9. The number of rotatable bonds is 1. The van der Waals surface area contributed by atoms with E-state index in [1.54, 1.807) is 6.07 Å². The normalized spacial score (nSPS) is 18.8. The van der Waals surface area contributed by atoms with Gasteiger partial charge in [0, 0.05) is 24.1 Å². The third-order valence-corrected chi connectivity index (χ3v) is 4.52. The van der Waals surface area contributed by atoms with E-state index in [0.29, 0.717) is 17.1 Å². The van der Waals surface area contributed by atoms with E-state index < -0.39 is 0 Å². The van der Waals surface area contributed by atoms with Crippen LogP contribution in [0.1, 0.15) is 24.2 Å². The minimum Gasteiger partial charge on any atom is -0.331 e.